The minimum Gasteiger partial charge on any atom is -0.492 e. The highest BCUT2D eigenvalue weighted by Gasteiger charge is 2.36. The quantitative estimate of drug-likeness (QED) is 0.844. The summed E-state index contributed by atoms with van der Waals surface area (Å²) in [4.78, 5) is 15.1. The second-order valence-corrected chi connectivity index (χ2v) is 7.85. The zero-order chi connectivity index (χ0) is 17.8. The highest BCUT2D eigenvalue weighted by atomic mass is 16.5. The fourth-order valence-electron chi connectivity index (χ4n) is 4.14. The van der Waals surface area contributed by atoms with Gasteiger partial charge in [-0.15, -0.1) is 0 Å². The number of nitrogens with zero attached hydrogens (tertiary/aromatic N) is 3. The molecular formula is C20H25N3O2. The van der Waals surface area contributed by atoms with E-state index in [1.165, 1.54) is 11.3 Å². The van der Waals surface area contributed by atoms with Crippen LogP contribution < -0.4 is 4.74 Å². The predicted octanol–water partition coefficient (Wildman–Crippen LogP) is 3.24. The number of amides is 1. The Balaban J connectivity index is 1.68. The number of fused-ring (bicyclic) bond motifs is 2. The zero-order valence-electron chi connectivity index (χ0n) is 15.4. The van der Waals surface area contributed by atoms with Crippen molar-refractivity contribution in [1.29, 1.82) is 0 Å². The van der Waals surface area contributed by atoms with Crippen molar-refractivity contribution in [3.05, 3.63) is 46.8 Å². The first-order valence-electron chi connectivity index (χ1n) is 8.94. The van der Waals surface area contributed by atoms with Gasteiger partial charge in [0.25, 0.3) is 5.91 Å². The minimum absolute atomic E-state index is 0.0243. The number of hydrogen-bond donors (Lipinski definition) is 0. The molecule has 1 atom stereocenters. The molecule has 0 bridgehead atoms. The van der Waals surface area contributed by atoms with Gasteiger partial charge in [0.15, 0.2) is 0 Å². The zero-order valence-corrected chi connectivity index (χ0v) is 15.4. The molecule has 0 N–H and O–H groups in total. The van der Waals surface area contributed by atoms with Crippen LogP contribution in [0.25, 0.3) is 0 Å². The van der Waals surface area contributed by atoms with Gasteiger partial charge in [0.2, 0.25) is 0 Å². The largest absolute Gasteiger partial charge is 0.492 e. The van der Waals surface area contributed by atoms with Crippen LogP contribution in [0.1, 0.15) is 59.9 Å². The van der Waals surface area contributed by atoms with Crippen LogP contribution in [0.15, 0.2) is 24.4 Å². The Morgan fingerprint density at radius 3 is 3.00 bits per heavy atom. The Kier molecular flexibility index (Phi) is 3.63. The molecule has 1 aliphatic heterocycles. The van der Waals surface area contributed by atoms with Crippen molar-refractivity contribution in [3.8, 4) is 5.75 Å². The van der Waals surface area contributed by atoms with Crippen LogP contribution >= 0.6 is 0 Å². The maximum atomic E-state index is 13.2. The molecule has 0 saturated heterocycles. The predicted molar refractivity (Wildman–Crippen MR) is 95.9 cm³/mol. The molecule has 1 amide bonds. The van der Waals surface area contributed by atoms with Crippen LogP contribution in [0.4, 0.5) is 0 Å². The lowest BCUT2D eigenvalue weighted by molar-refractivity contribution is 0.0711. The van der Waals surface area contributed by atoms with Crippen molar-refractivity contribution >= 4 is 5.91 Å². The van der Waals surface area contributed by atoms with Crippen molar-refractivity contribution in [2.75, 3.05) is 13.7 Å². The Labute approximate surface area is 148 Å². The summed E-state index contributed by atoms with van der Waals surface area (Å²) in [6.45, 7) is 4.92. The van der Waals surface area contributed by atoms with E-state index < -0.39 is 0 Å². The van der Waals surface area contributed by atoms with Crippen molar-refractivity contribution < 1.29 is 9.53 Å². The van der Waals surface area contributed by atoms with E-state index in [9.17, 15) is 4.79 Å². The van der Waals surface area contributed by atoms with Gasteiger partial charge in [0.1, 0.15) is 5.75 Å². The van der Waals surface area contributed by atoms with Crippen molar-refractivity contribution in [2.45, 2.75) is 44.6 Å². The van der Waals surface area contributed by atoms with Crippen LogP contribution in [0.2, 0.25) is 0 Å². The van der Waals surface area contributed by atoms with E-state index >= 15 is 0 Å². The van der Waals surface area contributed by atoms with Crippen molar-refractivity contribution in [3.63, 3.8) is 0 Å². The first kappa shape index (κ1) is 16.2. The van der Waals surface area contributed by atoms with Gasteiger partial charge in [-0.3, -0.25) is 9.48 Å². The third-order valence-electron chi connectivity index (χ3n) is 5.68. The van der Waals surface area contributed by atoms with E-state index in [-0.39, 0.29) is 17.4 Å². The maximum absolute atomic E-state index is 13.2. The molecule has 0 fully saturated rings. The number of aromatic nitrogens is 2. The summed E-state index contributed by atoms with van der Waals surface area (Å²) >= 11 is 0. The van der Waals surface area contributed by atoms with Crippen LogP contribution in [0, 0.1) is 0 Å². The first-order valence-corrected chi connectivity index (χ1v) is 8.94. The molecule has 132 valence electrons. The lowest BCUT2D eigenvalue weighted by Gasteiger charge is -2.32. The molecule has 2 aliphatic rings. The van der Waals surface area contributed by atoms with Gasteiger partial charge in [0, 0.05) is 36.3 Å². The molecule has 1 aliphatic carbocycles. The third kappa shape index (κ3) is 2.44. The highest BCUT2D eigenvalue weighted by molar-refractivity contribution is 5.97. The summed E-state index contributed by atoms with van der Waals surface area (Å²) in [6.07, 6.45) is 4.99. The van der Waals surface area contributed by atoms with Crippen molar-refractivity contribution in [1.82, 2.24) is 14.7 Å². The first-order chi connectivity index (χ1) is 11.9. The third-order valence-corrected chi connectivity index (χ3v) is 5.68. The Hall–Kier alpha value is -2.30. The number of para-hydroxylation sites is 1. The van der Waals surface area contributed by atoms with E-state index in [0.717, 1.165) is 30.6 Å². The molecule has 1 aromatic carbocycles. The molecule has 0 saturated carbocycles. The number of ether oxygens (including phenoxy) is 1. The summed E-state index contributed by atoms with van der Waals surface area (Å²) in [5, 5.41) is 4.39. The van der Waals surface area contributed by atoms with E-state index in [1.54, 1.807) is 0 Å². The van der Waals surface area contributed by atoms with Crippen LogP contribution in [0.5, 0.6) is 5.75 Å². The number of aryl methyl sites for hydroxylation is 1. The number of carbonyl (C=O) groups is 1. The molecule has 0 radical (unpaired) electrons. The molecule has 0 spiro atoms. The van der Waals surface area contributed by atoms with Gasteiger partial charge in [0.05, 0.1) is 24.4 Å². The average molecular weight is 339 g/mol. The van der Waals surface area contributed by atoms with E-state index in [4.69, 9.17) is 4.74 Å². The van der Waals surface area contributed by atoms with E-state index in [2.05, 4.69) is 25.0 Å². The van der Waals surface area contributed by atoms with Crippen LogP contribution in [-0.2, 0) is 18.9 Å². The van der Waals surface area contributed by atoms with Gasteiger partial charge in [-0.1, -0.05) is 26.0 Å². The summed E-state index contributed by atoms with van der Waals surface area (Å²) in [5.41, 5.74) is 4.16. The molecule has 5 nitrogen and oxygen atoms in total. The van der Waals surface area contributed by atoms with Gasteiger partial charge in [-0.25, -0.2) is 0 Å². The summed E-state index contributed by atoms with van der Waals surface area (Å²) in [7, 11) is 3.87. The molecule has 25 heavy (non-hydrogen) atoms. The Morgan fingerprint density at radius 1 is 1.40 bits per heavy atom. The molecule has 2 heterocycles. The number of benzene rings is 1. The highest BCUT2D eigenvalue weighted by Crippen LogP contribution is 2.42. The van der Waals surface area contributed by atoms with Gasteiger partial charge in [-0.2, -0.15) is 5.10 Å². The monoisotopic (exact) mass is 339 g/mol. The van der Waals surface area contributed by atoms with Gasteiger partial charge in [-0.05, 0) is 25.3 Å². The second kappa shape index (κ2) is 5.61. The number of hydrogen-bond acceptors (Lipinski definition) is 3. The van der Waals surface area contributed by atoms with Gasteiger partial charge >= 0.3 is 0 Å². The summed E-state index contributed by atoms with van der Waals surface area (Å²) < 4.78 is 7.85. The lowest BCUT2D eigenvalue weighted by atomic mass is 9.86. The van der Waals surface area contributed by atoms with E-state index in [1.807, 2.05) is 42.0 Å². The molecule has 2 aromatic rings. The summed E-state index contributed by atoms with van der Waals surface area (Å²) in [5.74, 6) is 0.780. The summed E-state index contributed by atoms with van der Waals surface area (Å²) in [6, 6.07) is 5.99. The fourth-order valence-corrected chi connectivity index (χ4v) is 4.14. The molecule has 5 heteroatoms. The van der Waals surface area contributed by atoms with Crippen LogP contribution in [0.3, 0.4) is 0 Å². The number of carbonyl (C=O) groups excluding carboxylic acids is 1. The molecule has 1 aromatic heterocycles. The Morgan fingerprint density at radius 2 is 2.20 bits per heavy atom. The van der Waals surface area contributed by atoms with Crippen molar-refractivity contribution in [2.24, 2.45) is 7.05 Å². The Bertz CT molecular complexity index is 837. The number of rotatable bonds is 2. The fraction of sp³-hybridized carbons (Fsp3) is 0.500. The smallest absolute Gasteiger partial charge is 0.257 e. The second-order valence-electron chi connectivity index (χ2n) is 7.85. The minimum atomic E-state index is -0.0500. The van der Waals surface area contributed by atoms with Gasteiger partial charge < -0.3 is 9.64 Å². The van der Waals surface area contributed by atoms with E-state index in [0.29, 0.717) is 12.2 Å². The molecular weight excluding hydrogens is 314 g/mol. The lowest BCUT2D eigenvalue weighted by Crippen LogP contribution is -2.33. The SMILES string of the molecule is CN(C(=O)c1cccc2c1OCC2(C)C)[C@H]1CCCc2c1cnn2C. The topological polar surface area (TPSA) is 47.4 Å². The molecule has 0 unspecified atom stereocenters. The maximum Gasteiger partial charge on any atom is 0.257 e. The average Bonchev–Trinajstić information content (AvgIpc) is 3.14. The standard InChI is InChI=1S/C20H25N3O2/c1-20(2)12-25-18-13(7-5-8-15(18)20)19(24)22(3)16-9-6-10-17-14(16)11-21-23(17)4/h5,7-8,11,16H,6,9-10,12H2,1-4H3/t16-/m0/s1. The van der Waals surface area contributed by atoms with Crippen LogP contribution in [-0.4, -0.2) is 34.2 Å². The molecule has 4 rings (SSSR count). The normalized spacial score (nSPS) is 20.6.